The molecule has 122 valence electrons. The van der Waals surface area contributed by atoms with Gasteiger partial charge in [0.1, 0.15) is 5.82 Å². The average Bonchev–Trinajstić information content (AvgIpc) is 2.79. The Bertz CT molecular complexity index is 427. The first kappa shape index (κ1) is 20.7. The normalized spacial score (nSPS) is 21.2. The molecule has 1 saturated carbocycles. The predicted molar refractivity (Wildman–Crippen MR) is 93.3 cm³/mol. The molecule has 0 bridgehead atoms. The number of aromatic nitrogens is 3. The lowest BCUT2D eigenvalue weighted by Gasteiger charge is -2.26. The third kappa shape index (κ3) is 5.79. The fourth-order valence-electron chi connectivity index (χ4n) is 2.57. The molecule has 2 atom stereocenters. The van der Waals surface area contributed by atoms with Gasteiger partial charge in [-0.15, -0.1) is 41.6 Å². The Morgan fingerprint density at radius 1 is 1.33 bits per heavy atom. The molecule has 0 saturated heterocycles. The predicted octanol–water partition coefficient (Wildman–Crippen LogP) is 2.38. The molecule has 4 N–H and O–H groups in total. The summed E-state index contributed by atoms with van der Waals surface area (Å²) < 4.78 is 2.04. The highest BCUT2D eigenvalue weighted by Crippen LogP contribution is 2.29. The Hall–Kier alpha value is -0.270. The molecule has 0 amide bonds. The van der Waals surface area contributed by atoms with Gasteiger partial charge in [-0.1, -0.05) is 24.3 Å². The van der Waals surface area contributed by atoms with E-state index >= 15 is 0 Å². The van der Waals surface area contributed by atoms with Crippen LogP contribution in [0.25, 0.3) is 0 Å². The highest BCUT2D eigenvalue weighted by molar-refractivity contribution is 7.99. The maximum atomic E-state index is 6.03. The molecule has 1 aliphatic carbocycles. The van der Waals surface area contributed by atoms with Crippen molar-refractivity contribution in [1.29, 1.82) is 0 Å². The summed E-state index contributed by atoms with van der Waals surface area (Å²) in [4.78, 5) is 0. The van der Waals surface area contributed by atoms with Gasteiger partial charge in [0.05, 0.1) is 6.54 Å². The quantitative estimate of drug-likeness (QED) is 0.605. The molecule has 0 spiro atoms. The minimum atomic E-state index is 0. The third-order valence-electron chi connectivity index (χ3n) is 3.56. The standard InChI is InChI=1S/C13H23N5S.2ClH/c1-2-6-18-12(8-14)16-17-13(18)19-9-10-4-3-5-11(15)7-10;;/h2,10-11H,1,3-9,14-15H2;2*1H/t10-,11+;;/m1../s1. The molecule has 0 aliphatic heterocycles. The van der Waals surface area contributed by atoms with Crippen molar-refractivity contribution in [2.75, 3.05) is 5.75 Å². The van der Waals surface area contributed by atoms with Gasteiger partial charge in [0.15, 0.2) is 5.16 Å². The number of hydrogen-bond acceptors (Lipinski definition) is 5. The molecule has 0 unspecified atom stereocenters. The van der Waals surface area contributed by atoms with Crippen molar-refractivity contribution < 1.29 is 0 Å². The maximum Gasteiger partial charge on any atom is 0.191 e. The number of thioether (sulfide) groups is 1. The third-order valence-corrected chi connectivity index (χ3v) is 4.76. The van der Waals surface area contributed by atoms with Gasteiger partial charge in [0, 0.05) is 18.3 Å². The average molecular weight is 354 g/mol. The molecule has 0 aromatic carbocycles. The van der Waals surface area contributed by atoms with E-state index in [1.54, 1.807) is 11.8 Å². The second-order valence-electron chi connectivity index (χ2n) is 5.11. The highest BCUT2D eigenvalue weighted by atomic mass is 35.5. The fraction of sp³-hybridized carbons (Fsp3) is 0.692. The summed E-state index contributed by atoms with van der Waals surface area (Å²) >= 11 is 1.76. The lowest BCUT2D eigenvalue weighted by Crippen LogP contribution is -2.28. The Morgan fingerprint density at radius 3 is 2.71 bits per heavy atom. The summed E-state index contributed by atoms with van der Waals surface area (Å²) in [6.07, 6.45) is 6.68. The smallest absolute Gasteiger partial charge is 0.191 e. The Kier molecular flexibility index (Phi) is 10.3. The summed E-state index contributed by atoms with van der Waals surface area (Å²) in [5.41, 5.74) is 11.7. The van der Waals surface area contributed by atoms with E-state index in [2.05, 4.69) is 16.8 Å². The van der Waals surface area contributed by atoms with Crippen molar-refractivity contribution in [3.63, 3.8) is 0 Å². The van der Waals surface area contributed by atoms with Crippen LogP contribution in [0.2, 0.25) is 0 Å². The van der Waals surface area contributed by atoms with E-state index in [4.69, 9.17) is 11.5 Å². The molecule has 1 aliphatic rings. The largest absolute Gasteiger partial charge is 0.328 e. The van der Waals surface area contributed by atoms with Crippen molar-refractivity contribution >= 4 is 36.6 Å². The molecule has 1 aromatic heterocycles. The number of halogens is 2. The second-order valence-corrected chi connectivity index (χ2v) is 6.09. The second kappa shape index (κ2) is 10.5. The van der Waals surface area contributed by atoms with Gasteiger partial charge in [0.2, 0.25) is 0 Å². The lowest BCUT2D eigenvalue weighted by molar-refractivity contribution is 0.349. The molecular formula is C13H25Cl2N5S. The molecule has 21 heavy (non-hydrogen) atoms. The Morgan fingerprint density at radius 2 is 2.10 bits per heavy atom. The van der Waals surface area contributed by atoms with Gasteiger partial charge >= 0.3 is 0 Å². The van der Waals surface area contributed by atoms with Gasteiger partial charge in [-0.25, -0.2) is 0 Å². The first-order chi connectivity index (χ1) is 9.24. The van der Waals surface area contributed by atoms with Crippen molar-refractivity contribution in [2.45, 2.75) is 50.0 Å². The molecule has 1 heterocycles. The van der Waals surface area contributed by atoms with Crippen LogP contribution in [0.4, 0.5) is 0 Å². The first-order valence-corrected chi connectivity index (χ1v) is 7.84. The van der Waals surface area contributed by atoms with Crippen LogP contribution in [-0.4, -0.2) is 26.6 Å². The van der Waals surface area contributed by atoms with Crippen molar-refractivity contribution in [1.82, 2.24) is 14.8 Å². The number of hydrogen-bond donors (Lipinski definition) is 2. The highest BCUT2D eigenvalue weighted by Gasteiger charge is 2.20. The molecule has 1 aromatic rings. The summed E-state index contributed by atoms with van der Waals surface area (Å²) in [7, 11) is 0. The number of rotatable bonds is 6. The SMILES string of the molecule is C=CCn1c(CN)nnc1SC[C@@H]1CCC[C@H](N)C1.Cl.Cl. The van der Waals surface area contributed by atoms with E-state index in [0.717, 1.165) is 23.2 Å². The van der Waals surface area contributed by atoms with Crippen LogP contribution in [0.5, 0.6) is 0 Å². The number of nitrogens with two attached hydrogens (primary N) is 2. The number of nitrogens with zero attached hydrogens (tertiary/aromatic N) is 3. The summed E-state index contributed by atoms with van der Waals surface area (Å²) in [6, 6.07) is 0.380. The monoisotopic (exact) mass is 353 g/mol. The molecule has 8 heteroatoms. The zero-order valence-electron chi connectivity index (χ0n) is 12.1. The maximum absolute atomic E-state index is 6.03. The van der Waals surface area contributed by atoms with E-state index in [1.165, 1.54) is 19.3 Å². The number of allylic oxidation sites excluding steroid dienone is 1. The minimum absolute atomic E-state index is 0. The fourth-order valence-corrected chi connectivity index (χ4v) is 3.69. The molecule has 5 nitrogen and oxygen atoms in total. The van der Waals surface area contributed by atoms with Gasteiger partial charge in [-0.05, 0) is 25.2 Å². The van der Waals surface area contributed by atoms with E-state index in [0.29, 0.717) is 25.0 Å². The van der Waals surface area contributed by atoms with Crippen LogP contribution in [0.1, 0.15) is 31.5 Å². The molecule has 1 fully saturated rings. The van der Waals surface area contributed by atoms with Crippen LogP contribution in [0, 0.1) is 5.92 Å². The van der Waals surface area contributed by atoms with Crippen molar-refractivity contribution in [2.24, 2.45) is 17.4 Å². The Labute approximate surface area is 143 Å². The molecule has 2 rings (SSSR count). The van der Waals surface area contributed by atoms with Crippen LogP contribution < -0.4 is 11.5 Å². The zero-order chi connectivity index (χ0) is 13.7. The van der Waals surface area contributed by atoms with E-state index in [1.807, 2.05) is 10.6 Å². The van der Waals surface area contributed by atoms with Crippen LogP contribution in [0.15, 0.2) is 17.8 Å². The molecule has 0 radical (unpaired) electrons. The van der Waals surface area contributed by atoms with Gasteiger partial charge in [0.25, 0.3) is 0 Å². The minimum Gasteiger partial charge on any atom is -0.328 e. The van der Waals surface area contributed by atoms with E-state index < -0.39 is 0 Å². The van der Waals surface area contributed by atoms with E-state index in [-0.39, 0.29) is 24.8 Å². The summed E-state index contributed by atoms with van der Waals surface area (Å²) in [5.74, 6) is 2.58. The van der Waals surface area contributed by atoms with Crippen LogP contribution in [0.3, 0.4) is 0 Å². The van der Waals surface area contributed by atoms with Crippen LogP contribution >= 0.6 is 36.6 Å². The molecular weight excluding hydrogens is 329 g/mol. The van der Waals surface area contributed by atoms with E-state index in [9.17, 15) is 0 Å². The topological polar surface area (TPSA) is 82.8 Å². The van der Waals surface area contributed by atoms with Gasteiger partial charge in [-0.2, -0.15) is 0 Å². The lowest BCUT2D eigenvalue weighted by atomic mass is 9.87. The van der Waals surface area contributed by atoms with Gasteiger partial charge < -0.3 is 16.0 Å². The van der Waals surface area contributed by atoms with Crippen LogP contribution in [-0.2, 0) is 13.1 Å². The summed E-state index contributed by atoms with van der Waals surface area (Å²) in [5, 5.41) is 9.30. The van der Waals surface area contributed by atoms with Crippen molar-refractivity contribution in [3.8, 4) is 0 Å². The van der Waals surface area contributed by atoms with Crippen molar-refractivity contribution in [3.05, 3.63) is 18.5 Å². The zero-order valence-corrected chi connectivity index (χ0v) is 14.6. The summed E-state index contributed by atoms with van der Waals surface area (Å²) in [6.45, 7) is 4.90. The first-order valence-electron chi connectivity index (χ1n) is 6.86. The Balaban J connectivity index is 0.00000200. The van der Waals surface area contributed by atoms with Gasteiger partial charge in [-0.3, -0.25) is 0 Å².